The molecular weight excluding hydrogens is 278 g/mol. The number of hydrogen-bond acceptors (Lipinski definition) is 4. The lowest BCUT2D eigenvalue weighted by atomic mass is 10.1. The van der Waals surface area contributed by atoms with Gasteiger partial charge in [0.15, 0.2) is 0 Å². The molecule has 1 fully saturated rings. The minimum atomic E-state index is -3.50. The highest BCUT2D eigenvalue weighted by Crippen LogP contribution is 2.22. The summed E-state index contributed by atoms with van der Waals surface area (Å²) in [6, 6.07) is 6.38. The number of rotatable bonds is 3. The standard InChI is InChI=1S/C14H21NO4S/c1-10-8-15(9-11(2)19-10)20(17,18)14-6-4-13(5-7-14)12(3)16/h4-7,10-12,16H,8-9H2,1-3H3. The molecule has 6 heteroatoms. The van der Waals surface area contributed by atoms with Crippen LogP contribution in [0, 0.1) is 0 Å². The van der Waals surface area contributed by atoms with Crippen LogP contribution in [0.4, 0.5) is 0 Å². The summed E-state index contributed by atoms with van der Waals surface area (Å²) in [5.74, 6) is 0. The minimum absolute atomic E-state index is 0.106. The fourth-order valence-corrected chi connectivity index (χ4v) is 3.98. The molecule has 1 aliphatic rings. The fraction of sp³-hybridized carbons (Fsp3) is 0.571. The molecule has 0 saturated carbocycles. The molecule has 0 spiro atoms. The Balaban J connectivity index is 2.25. The average molecular weight is 299 g/mol. The third-order valence-corrected chi connectivity index (χ3v) is 5.23. The van der Waals surface area contributed by atoms with Gasteiger partial charge in [-0.05, 0) is 38.5 Å². The van der Waals surface area contributed by atoms with Gasteiger partial charge in [0.05, 0.1) is 23.2 Å². The van der Waals surface area contributed by atoms with E-state index >= 15 is 0 Å². The maximum Gasteiger partial charge on any atom is 0.243 e. The van der Waals surface area contributed by atoms with Crippen molar-refractivity contribution in [3.63, 3.8) is 0 Å². The number of hydrogen-bond donors (Lipinski definition) is 1. The molecule has 0 radical (unpaired) electrons. The zero-order valence-corrected chi connectivity index (χ0v) is 12.8. The molecule has 2 rings (SSSR count). The molecule has 1 saturated heterocycles. The first kappa shape index (κ1) is 15.4. The van der Waals surface area contributed by atoms with Crippen molar-refractivity contribution in [2.45, 2.75) is 44.0 Å². The molecule has 20 heavy (non-hydrogen) atoms. The molecule has 3 unspecified atom stereocenters. The molecule has 0 bridgehead atoms. The molecule has 0 aliphatic carbocycles. The smallest absolute Gasteiger partial charge is 0.243 e. The van der Waals surface area contributed by atoms with E-state index < -0.39 is 16.1 Å². The zero-order valence-electron chi connectivity index (χ0n) is 12.0. The van der Waals surface area contributed by atoms with Crippen LogP contribution in [-0.4, -0.2) is 43.1 Å². The minimum Gasteiger partial charge on any atom is -0.389 e. The van der Waals surface area contributed by atoms with Gasteiger partial charge in [-0.1, -0.05) is 12.1 Å². The van der Waals surface area contributed by atoms with Gasteiger partial charge in [0, 0.05) is 13.1 Å². The van der Waals surface area contributed by atoms with Gasteiger partial charge in [-0.3, -0.25) is 0 Å². The number of nitrogens with zero attached hydrogens (tertiary/aromatic N) is 1. The van der Waals surface area contributed by atoms with Gasteiger partial charge < -0.3 is 9.84 Å². The summed E-state index contributed by atoms with van der Waals surface area (Å²) in [5.41, 5.74) is 0.702. The van der Waals surface area contributed by atoms with Crippen LogP contribution in [0.2, 0.25) is 0 Å². The fourth-order valence-electron chi connectivity index (χ4n) is 2.39. The molecule has 3 atom stereocenters. The summed E-state index contributed by atoms with van der Waals surface area (Å²) >= 11 is 0. The summed E-state index contributed by atoms with van der Waals surface area (Å²) < 4.78 is 32.2. The van der Waals surface area contributed by atoms with E-state index in [1.165, 1.54) is 4.31 Å². The van der Waals surface area contributed by atoms with Gasteiger partial charge in [-0.25, -0.2) is 8.42 Å². The van der Waals surface area contributed by atoms with Gasteiger partial charge in [-0.2, -0.15) is 4.31 Å². The first-order valence-corrected chi connectivity index (χ1v) is 8.18. The van der Waals surface area contributed by atoms with Gasteiger partial charge >= 0.3 is 0 Å². The normalized spacial score (nSPS) is 26.4. The molecule has 1 aromatic rings. The second-order valence-electron chi connectivity index (χ2n) is 5.32. The Morgan fingerprint density at radius 2 is 1.70 bits per heavy atom. The molecular formula is C14H21NO4S. The SMILES string of the molecule is CC1CN(S(=O)(=O)c2ccc(C(C)O)cc2)CC(C)O1. The molecule has 5 nitrogen and oxygen atoms in total. The monoisotopic (exact) mass is 299 g/mol. The number of sulfonamides is 1. The number of aliphatic hydroxyl groups is 1. The number of aliphatic hydroxyl groups excluding tert-OH is 1. The van der Waals surface area contributed by atoms with E-state index in [0.29, 0.717) is 18.7 Å². The lowest BCUT2D eigenvalue weighted by Gasteiger charge is -2.34. The van der Waals surface area contributed by atoms with Crippen LogP contribution in [0.5, 0.6) is 0 Å². The van der Waals surface area contributed by atoms with Gasteiger partial charge in [0.25, 0.3) is 0 Å². The van der Waals surface area contributed by atoms with Gasteiger partial charge in [0.2, 0.25) is 10.0 Å². The summed E-state index contributed by atoms with van der Waals surface area (Å²) in [6.45, 7) is 6.12. The molecule has 0 aromatic heterocycles. The van der Waals surface area contributed by atoms with Crippen molar-refractivity contribution in [1.82, 2.24) is 4.31 Å². The van der Waals surface area contributed by atoms with E-state index in [-0.39, 0.29) is 17.1 Å². The van der Waals surface area contributed by atoms with Crippen LogP contribution in [0.3, 0.4) is 0 Å². The lowest BCUT2D eigenvalue weighted by molar-refractivity contribution is -0.0440. The van der Waals surface area contributed by atoms with E-state index in [0.717, 1.165) is 0 Å². The zero-order chi connectivity index (χ0) is 14.9. The maximum atomic E-state index is 12.6. The Bertz CT molecular complexity index is 543. The Labute approximate surface area is 120 Å². The van der Waals surface area contributed by atoms with Crippen LogP contribution >= 0.6 is 0 Å². The summed E-state index contributed by atoms with van der Waals surface area (Å²) in [6.07, 6.45) is -0.814. The molecule has 0 amide bonds. The first-order valence-electron chi connectivity index (χ1n) is 6.74. The van der Waals surface area contributed by atoms with Crippen LogP contribution in [0.1, 0.15) is 32.4 Å². The van der Waals surface area contributed by atoms with Crippen LogP contribution in [0.15, 0.2) is 29.2 Å². The van der Waals surface area contributed by atoms with Crippen molar-refractivity contribution >= 4 is 10.0 Å². The van der Waals surface area contributed by atoms with Crippen molar-refractivity contribution in [2.75, 3.05) is 13.1 Å². The highest BCUT2D eigenvalue weighted by Gasteiger charge is 2.32. The largest absolute Gasteiger partial charge is 0.389 e. The predicted octanol–water partition coefficient (Wildman–Crippen LogP) is 1.54. The van der Waals surface area contributed by atoms with E-state index in [1.54, 1.807) is 31.2 Å². The maximum absolute atomic E-state index is 12.6. The third kappa shape index (κ3) is 3.20. The number of benzene rings is 1. The second-order valence-corrected chi connectivity index (χ2v) is 7.26. The first-order chi connectivity index (χ1) is 9.30. The third-order valence-electron chi connectivity index (χ3n) is 3.39. The Hall–Kier alpha value is -0.950. The van der Waals surface area contributed by atoms with E-state index in [2.05, 4.69) is 0 Å². The predicted molar refractivity (Wildman–Crippen MR) is 75.8 cm³/mol. The summed E-state index contributed by atoms with van der Waals surface area (Å²) in [5, 5.41) is 9.46. The Morgan fingerprint density at radius 1 is 1.20 bits per heavy atom. The lowest BCUT2D eigenvalue weighted by Crippen LogP contribution is -2.48. The topological polar surface area (TPSA) is 66.8 Å². The van der Waals surface area contributed by atoms with Crippen molar-refractivity contribution < 1.29 is 18.3 Å². The molecule has 1 heterocycles. The highest BCUT2D eigenvalue weighted by molar-refractivity contribution is 7.89. The van der Waals surface area contributed by atoms with Crippen LogP contribution in [0.25, 0.3) is 0 Å². The van der Waals surface area contributed by atoms with Crippen LogP contribution < -0.4 is 0 Å². The molecule has 1 N–H and O–H groups in total. The quantitative estimate of drug-likeness (QED) is 0.919. The average Bonchev–Trinajstić information content (AvgIpc) is 2.37. The van der Waals surface area contributed by atoms with Crippen LogP contribution in [-0.2, 0) is 14.8 Å². The molecule has 1 aliphatic heterocycles. The van der Waals surface area contributed by atoms with Crippen molar-refractivity contribution in [2.24, 2.45) is 0 Å². The Kier molecular flexibility index (Phi) is 4.49. The highest BCUT2D eigenvalue weighted by atomic mass is 32.2. The van der Waals surface area contributed by atoms with E-state index in [9.17, 15) is 13.5 Å². The second kappa shape index (κ2) is 5.81. The summed E-state index contributed by atoms with van der Waals surface area (Å²) in [4.78, 5) is 0.253. The van der Waals surface area contributed by atoms with Crippen molar-refractivity contribution in [3.05, 3.63) is 29.8 Å². The van der Waals surface area contributed by atoms with Gasteiger partial charge in [0.1, 0.15) is 0 Å². The van der Waals surface area contributed by atoms with Crippen molar-refractivity contribution in [3.8, 4) is 0 Å². The summed E-state index contributed by atoms with van der Waals surface area (Å²) in [7, 11) is -3.50. The van der Waals surface area contributed by atoms with Crippen molar-refractivity contribution in [1.29, 1.82) is 0 Å². The number of morpholine rings is 1. The van der Waals surface area contributed by atoms with E-state index in [4.69, 9.17) is 4.74 Å². The molecule has 1 aromatic carbocycles. The number of ether oxygens (including phenoxy) is 1. The molecule has 112 valence electrons. The van der Waals surface area contributed by atoms with Gasteiger partial charge in [-0.15, -0.1) is 0 Å². The van der Waals surface area contributed by atoms with E-state index in [1.807, 2.05) is 13.8 Å². The Morgan fingerprint density at radius 3 is 2.15 bits per heavy atom.